The van der Waals surface area contributed by atoms with Crippen molar-refractivity contribution < 1.29 is 14.3 Å². The molecule has 0 saturated carbocycles. The van der Waals surface area contributed by atoms with Gasteiger partial charge in [0, 0.05) is 27.9 Å². The van der Waals surface area contributed by atoms with E-state index < -0.39 is 12.0 Å². The summed E-state index contributed by atoms with van der Waals surface area (Å²) in [5.41, 5.74) is 1.76. The second-order valence-electron chi connectivity index (χ2n) is 6.49. The highest BCUT2D eigenvalue weighted by molar-refractivity contribution is 6.35. The van der Waals surface area contributed by atoms with E-state index in [1.54, 1.807) is 29.8 Å². The number of hydrogen-bond donors (Lipinski definition) is 1. The number of anilines is 1. The van der Waals surface area contributed by atoms with Gasteiger partial charge in [-0.25, -0.2) is 9.48 Å². The van der Waals surface area contributed by atoms with Crippen molar-refractivity contribution in [1.82, 2.24) is 14.8 Å². The molecule has 1 aromatic carbocycles. The van der Waals surface area contributed by atoms with Crippen LogP contribution >= 0.6 is 23.2 Å². The van der Waals surface area contributed by atoms with Crippen LogP contribution in [0.15, 0.2) is 35.8 Å². The second-order valence-corrected chi connectivity index (χ2v) is 7.34. The van der Waals surface area contributed by atoms with Gasteiger partial charge < -0.3 is 14.8 Å². The summed E-state index contributed by atoms with van der Waals surface area (Å²) in [6, 6.07) is 4.59. The molecule has 1 aromatic heterocycles. The maximum absolute atomic E-state index is 13.0. The first kappa shape index (κ1) is 18.3. The van der Waals surface area contributed by atoms with Gasteiger partial charge in [-0.3, -0.25) is 0 Å². The summed E-state index contributed by atoms with van der Waals surface area (Å²) in [4.78, 5) is 17.2. The van der Waals surface area contributed by atoms with E-state index in [4.69, 9.17) is 32.7 Å². The summed E-state index contributed by atoms with van der Waals surface area (Å²) in [7, 11) is 0. The van der Waals surface area contributed by atoms with Crippen LogP contribution in [0, 0.1) is 0 Å². The lowest BCUT2D eigenvalue weighted by molar-refractivity contribution is -0.142. The lowest BCUT2D eigenvalue weighted by Gasteiger charge is -2.29. The first-order chi connectivity index (χ1) is 13.0. The summed E-state index contributed by atoms with van der Waals surface area (Å²) in [5.74, 6) is 0.0897. The number of nitrogens with zero attached hydrogens (tertiary/aromatic N) is 3. The van der Waals surface area contributed by atoms with Crippen LogP contribution in [-0.2, 0) is 14.3 Å². The zero-order chi connectivity index (χ0) is 19.0. The monoisotopic (exact) mass is 408 g/mol. The van der Waals surface area contributed by atoms with Crippen LogP contribution in [0.5, 0.6) is 0 Å². The normalized spacial score (nSPS) is 21.7. The summed E-state index contributed by atoms with van der Waals surface area (Å²) in [5, 5.41) is 8.32. The Morgan fingerprint density at radius 3 is 3.04 bits per heavy atom. The molecule has 27 heavy (non-hydrogen) atoms. The van der Waals surface area contributed by atoms with Crippen LogP contribution < -0.4 is 5.32 Å². The number of aromatic nitrogens is 3. The predicted octanol–water partition coefficient (Wildman–Crippen LogP) is 3.60. The molecule has 0 bridgehead atoms. The number of hydrogen-bond acceptors (Lipinski definition) is 6. The highest BCUT2D eigenvalue weighted by atomic mass is 35.5. The fourth-order valence-corrected chi connectivity index (χ4v) is 3.90. The summed E-state index contributed by atoms with van der Waals surface area (Å²) in [6.07, 6.45) is 3.25. The Hall–Kier alpha value is -2.09. The van der Waals surface area contributed by atoms with Gasteiger partial charge in [0.25, 0.3) is 0 Å². The van der Waals surface area contributed by atoms with Crippen molar-refractivity contribution in [3.8, 4) is 0 Å². The SMILES string of the molecule is CC1=C(C(=O)OC[C@@H]2CCCO2)[C@@H](c2ccc(Cl)cc2Cl)n2ncnc2N1. The van der Waals surface area contributed by atoms with E-state index in [2.05, 4.69) is 15.4 Å². The Labute approximate surface area is 166 Å². The average Bonchev–Trinajstić information content (AvgIpc) is 3.30. The number of fused-ring (bicyclic) bond motifs is 1. The molecule has 2 aliphatic rings. The Morgan fingerprint density at radius 2 is 2.30 bits per heavy atom. The van der Waals surface area contributed by atoms with Gasteiger partial charge in [0.05, 0.1) is 11.7 Å². The van der Waals surface area contributed by atoms with Crippen molar-refractivity contribution >= 4 is 35.1 Å². The number of nitrogens with one attached hydrogen (secondary N) is 1. The van der Waals surface area contributed by atoms with Gasteiger partial charge in [0.15, 0.2) is 0 Å². The predicted molar refractivity (Wildman–Crippen MR) is 101 cm³/mol. The minimum absolute atomic E-state index is 0.0501. The average molecular weight is 409 g/mol. The summed E-state index contributed by atoms with van der Waals surface area (Å²) in [6.45, 7) is 2.73. The fraction of sp³-hybridized carbons (Fsp3) is 0.389. The summed E-state index contributed by atoms with van der Waals surface area (Å²) >= 11 is 12.5. The van der Waals surface area contributed by atoms with Gasteiger partial charge in [-0.1, -0.05) is 29.3 Å². The first-order valence-corrected chi connectivity index (χ1v) is 9.41. The third-order valence-electron chi connectivity index (χ3n) is 4.70. The zero-order valence-corrected chi connectivity index (χ0v) is 16.1. The van der Waals surface area contributed by atoms with Gasteiger partial charge >= 0.3 is 5.97 Å². The molecule has 0 radical (unpaired) electrons. The van der Waals surface area contributed by atoms with Crippen molar-refractivity contribution in [2.45, 2.75) is 31.9 Å². The molecule has 7 nitrogen and oxygen atoms in total. The molecule has 0 spiro atoms. The largest absolute Gasteiger partial charge is 0.459 e. The molecule has 0 aliphatic carbocycles. The molecule has 2 aromatic rings. The third kappa shape index (κ3) is 3.54. The van der Waals surface area contributed by atoms with E-state index in [1.807, 2.05) is 0 Å². The maximum Gasteiger partial charge on any atom is 0.338 e. The zero-order valence-electron chi connectivity index (χ0n) is 14.6. The molecular formula is C18H18Cl2N4O3. The molecule has 1 N–H and O–H groups in total. The van der Waals surface area contributed by atoms with Crippen LogP contribution in [0.3, 0.4) is 0 Å². The number of carbonyl (C=O) groups excluding carboxylic acids is 1. The molecule has 0 amide bonds. The van der Waals surface area contributed by atoms with Crippen LogP contribution in [0.1, 0.15) is 31.4 Å². The van der Waals surface area contributed by atoms with Crippen molar-refractivity contribution in [2.75, 3.05) is 18.5 Å². The van der Waals surface area contributed by atoms with Gasteiger partial charge in [0.2, 0.25) is 5.95 Å². The van der Waals surface area contributed by atoms with Crippen molar-refractivity contribution in [1.29, 1.82) is 0 Å². The summed E-state index contributed by atoms with van der Waals surface area (Å²) < 4.78 is 12.7. The van der Waals surface area contributed by atoms with Gasteiger partial charge in [-0.2, -0.15) is 10.1 Å². The number of esters is 1. The highest BCUT2D eigenvalue weighted by Gasteiger charge is 2.36. The van der Waals surface area contributed by atoms with E-state index in [1.165, 1.54) is 6.33 Å². The van der Waals surface area contributed by atoms with E-state index in [0.29, 0.717) is 39.4 Å². The van der Waals surface area contributed by atoms with Crippen molar-refractivity contribution in [3.63, 3.8) is 0 Å². The van der Waals surface area contributed by atoms with Crippen LogP contribution in [0.4, 0.5) is 5.95 Å². The molecule has 3 heterocycles. The number of allylic oxidation sites excluding steroid dienone is 1. The first-order valence-electron chi connectivity index (χ1n) is 8.65. The topological polar surface area (TPSA) is 78.3 Å². The highest BCUT2D eigenvalue weighted by Crippen LogP contribution is 2.39. The lowest BCUT2D eigenvalue weighted by atomic mass is 9.95. The second kappa shape index (κ2) is 7.50. The number of carbonyl (C=O) groups is 1. The van der Waals surface area contributed by atoms with Crippen molar-refractivity contribution in [2.24, 2.45) is 0 Å². The van der Waals surface area contributed by atoms with Crippen LogP contribution in [0.2, 0.25) is 10.0 Å². The number of halogens is 2. The number of ether oxygens (including phenoxy) is 2. The molecule has 1 saturated heterocycles. The van der Waals surface area contributed by atoms with Gasteiger partial charge in [-0.15, -0.1) is 0 Å². The smallest absolute Gasteiger partial charge is 0.338 e. The van der Waals surface area contributed by atoms with E-state index in [-0.39, 0.29) is 12.7 Å². The van der Waals surface area contributed by atoms with Crippen molar-refractivity contribution in [3.05, 3.63) is 51.4 Å². The molecule has 1 fully saturated rings. The Kier molecular flexibility index (Phi) is 5.08. The molecule has 2 aliphatic heterocycles. The Bertz CT molecular complexity index is 906. The fourth-order valence-electron chi connectivity index (χ4n) is 3.39. The molecule has 142 valence electrons. The molecule has 0 unspecified atom stereocenters. The van der Waals surface area contributed by atoms with Crippen LogP contribution in [-0.4, -0.2) is 40.1 Å². The Morgan fingerprint density at radius 1 is 1.44 bits per heavy atom. The minimum Gasteiger partial charge on any atom is -0.459 e. The lowest BCUT2D eigenvalue weighted by Crippen LogP contribution is -2.31. The molecule has 2 atom stereocenters. The Balaban J connectivity index is 1.69. The van der Waals surface area contributed by atoms with E-state index in [0.717, 1.165) is 12.8 Å². The van der Waals surface area contributed by atoms with E-state index in [9.17, 15) is 4.79 Å². The third-order valence-corrected chi connectivity index (χ3v) is 5.26. The minimum atomic E-state index is -0.564. The number of rotatable bonds is 4. The maximum atomic E-state index is 13.0. The molecular weight excluding hydrogens is 391 g/mol. The van der Waals surface area contributed by atoms with E-state index >= 15 is 0 Å². The van der Waals surface area contributed by atoms with Crippen LogP contribution in [0.25, 0.3) is 0 Å². The standard InChI is InChI=1S/C18H18Cl2N4O3/c1-10-15(17(25)27-8-12-3-2-6-26-12)16(24-18(23-10)21-9-22-24)13-5-4-11(19)7-14(13)20/h4-5,7,9,12,16H,2-3,6,8H2,1H3,(H,21,22,23)/t12-,16+/m0/s1. The van der Waals surface area contributed by atoms with Gasteiger partial charge in [0.1, 0.15) is 19.0 Å². The molecule has 4 rings (SSSR count). The quantitative estimate of drug-likeness (QED) is 0.778. The molecule has 9 heteroatoms. The number of benzene rings is 1. The van der Waals surface area contributed by atoms with Gasteiger partial charge in [-0.05, 0) is 31.9 Å².